The van der Waals surface area contributed by atoms with Crippen LogP contribution in [0.3, 0.4) is 0 Å². The quantitative estimate of drug-likeness (QED) is 0.794. The Morgan fingerprint density at radius 3 is 2.68 bits per heavy atom. The molecule has 102 valence electrons. The lowest BCUT2D eigenvalue weighted by Crippen LogP contribution is -2.42. The van der Waals surface area contributed by atoms with E-state index in [0.29, 0.717) is 16.4 Å². The van der Waals surface area contributed by atoms with E-state index in [-0.39, 0.29) is 17.6 Å². The van der Waals surface area contributed by atoms with Crippen LogP contribution in [0.1, 0.15) is 43.1 Å². The molecule has 2 aliphatic carbocycles. The average molecular weight is 327 g/mol. The molecule has 0 aliphatic heterocycles. The zero-order valence-corrected chi connectivity index (χ0v) is 12.4. The number of hydrogen-bond acceptors (Lipinski definition) is 2. The van der Waals surface area contributed by atoms with Gasteiger partial charge in [0.25, 0.3) is 5.91 Å². The van der Waals surface area contributed by atoms with E-state index >= 15 is 0 Å². The highest BCUT2D eigenvalue weighted by molar-refractivity contribution is 9.10. The summed E-state index contributed by atoms with van der Waals surface area (Å²) in [6, 6.07) is 3.35. The second-order valence-electron chi connectivity index (χ2n) is 5.49. The predicted molar refractivity (Wildman–Crippen MR) is 73.3 cm³/mol. The Labute approximate surface area is 120 Å². The van der Waals surface area contributed by atoms with Crippen molar-refractivity contribution in [2.75, 3.05) is 0 Å². The van der Waals surface area contributed by atoms with E-state index in [0.717, 1.165) is 12.8 Å². The Bertz CT molecular complexity index is 514. The Morgan fingerprint density at radius 1 is 1.42 bits per heavy atom. The van der Waals surface area contributed by atoms with Gasteiger partial charge in [-0.15, -0.1) is 0 Å². The molecule has 5 heteroatoms. The van der Waals surface area contributed by atoms with Crippen molar-refractivity contribution in [2.45, 2.75) is 44.7 Å². The highest BCUT2D eigenvalue weighted by Gasteiger charge is 2.42. The fraction of sp³-hybridized carbons (Fsp3) is 0.571. The smallest absolute Gasteiger partial charge is 0.274 e. The predicted octanol–water partition coefficient (Wildman–Crippen LogP) is 3.39. The molecule has 3 rings (SSSR count). The molecule has 0 aromatic carbocycles. The zero-order chi connectivity index (χ0) is 13.6. The SMILES string of the molecule is CC(C1CC1)N(C(=O)c1nc(F)ccc1Br)C1CC1. The number of hydrogen-bond donors (Lipinski definition) is 0. The van der Waals surface area contributed by atoms with Crippen molar-refractivity contribution in [3.63, 3.8) is 0 Å². The highest BCUT2D eigenvalue weighted by Crippen LogP contribution is 2.40. The van der Waals surface area contributed by atoms with Crippen LogP contribution in [-0.4, -0.2) is 27.9 Å². The van der Waals surface area contributed by atoms with E-state index in [9.17, 15) is 9.18 Å². The Kier molecular flexibility index (Phi) is 3.33. The molecule has 1 unspecified atom stereocenters. The first-order chi connectivity index (χ1) is 9.08. The Balaban J connectivity index is 1.89. The summed E-state index contributed by atoms with van der Waals surface area (Å²) < 4.78 is 13.8. The minimum Gasteiger partial charge on any atom is -0.331 e. The Morgan fingerprint density at radius 2 is 2.11 bits per heavy atom. The molecule has 1 heterocycles. The summed E-state index contributed by atoms with van der Waals surface area (Å²) >= 11 is 3.29. The fourth-order valence-electron chi connectivity index (χ4n) is 2.53. The molecule has 3 nitrogen and oxygen atoms in total. The number of carbonyl (C=O) groups is 1. The lowest BCUT2D eigenvalue weighted by atomic mass is 10.1. The summed E-state index contributed by atoms with van der Waals surface area (Å²) in [5.41, 5.74) is 0.194. The fourth-order valence-corrected chi connectivity index (χ4v) is 2.92. The first-order valence-corrected chi connectivity index (χ1v) is 7.52. The molecule has 0 bridgehead atoms. The molecule has 1 aromatic rings. The topological polar surface area (TPSA) is 33.2 Å². The molecule has 0 N–H and O–H groups in total. The maximum Gasteiger partial charge on any atom is 0.274 e. The Hall–Kier alpha value is -0.970. The van der Waals surface area contributed by atoms with Crippen LogP contribution in [0.5, 0.6) is 0 Å². The van der Waals surface area contributed by atoms with Gasteiger partial charge in [-0.25, -0.2) is 4.98 Å². The minimum atomic E-state index is -0.610. The maximum atomic E-state index is 13.3. The van der Waals surface area contributed by atoms with Gasteiger partial charge in [-0.05, 0) is 66.6 Å². The third-order valence-electron chi connectivity index (χ3n) is 3.93. The molecule has 1 amide bonds. The molecule has 19 heavy (non-hydrogen) atoms. The van der Waals surface area contributed by atoms with Gasteiger partial charge in [0, 0.05) is 16.6 Å². The van der Waals surface area contributed by atoms with Crippen molar-refractivity contribution in [3.05, 3.63) is 28.2 Å². The normalized spacial score (nSPS) is 20.2. The lowest BCUT2D eigenvalue weighted by molar-refractivity contribution is 0.0645. The van der Waals surface area contributed by atoms with E-state index < -0.39 is 5.95 Å². The molecule has 0 saturated heterocycles. The number of rotatable bonds is 4. The summed E-state index contributed by atoms with van der Waals surface area (Å²) in [4.78, 5) is 18.3. The van der Waals surface area contributed by atoms with Crippen molar-refractivity contribution in [1.82, 2.24) is 9.88 Å². The summed E-state index contributed by atoms with van der Waals surface area (Å²) in [6.07, 6.45) is 4.48. The number of nitrogens with zero attached hydrogens (tertiary/aromatic N) is 2. The molecular weight excluding hydrogens is 311 g/mol. The molecule has 2 fully saturated rings. The number of carbonyl (C=O) groups excluding carboxylic acids is 1. The summed E-state index contributed by atoms with van der Waals surface area (Å²) in [6.45, 7) is 2.10. The van der Waals surface area contributed by atoms with Crippen LogP contribution < -0.4 is 0 Å². The molecule has 0 spiro atoms. The van der Waals surface area contributed by atoms with Crippen molar-refractivity contribution < 1.29 is 9.18 Å². The van der Waals surface area contributed by atoms with Gasteiger partial charge in [-0.2, -0.15) is 4.39 Å². The van der Waals surface area contributed by atoms with Gasteiger partial charge in [0.1, 0.15) is 5.69 Å². The van der Waals surface area contributed by atoms with Gasteiger partial charge in [0.2, 0.25) is 5.95 Å². The second kappa shape index (κ2) is 4.85. The van der Waals surface area contributed by atoms with Crippen LogP contribution in [0.4, 0.5) is 4.39 Å². The molecule has 2 aliphatic rings. The summed E-state index contributed by atoms with van der Waals surface area (Å²) in [5.74, 6) is -0.147. The van der Waals surface area contributed by atoms with E-state index in [1.807, 2.05) is 4.90 Å². The molecule has 1 aromatic heterocycles. The van der Waals surface area contributed by atoms with Gasteiger partial charge in [0.15, 0.2) is 0 Å². The first-order valence-electron chi connectivity index (χ1n) is 6.72. The zero-order valence-electron chi connectivity index (χ0n) is 10.8. The van der Waals surface area contributed by atoms with E-state index in [1.165, 1.54) is 18.9 Å². The minimum absolute atomic E-state index is 0.145. The van der Waals surface area contributed by atoms with Crippen molar-refractivity contribution in [1.29, 1.82) is 0 Å². The lowest BCUT2D eigenvalue weighted by Gasteiger charge is -2.29. The van der Waals surface area contributed by atoms with Gasteiger partial charge in [-0.3, -0.25) is 4.79 Å². The maximum absolute atomic E-state index is 13.3. The van der Waals surface area contributed by atoms with E-state index in [4.69, 9.17) is 0 Å². The van der Waals surface area contributed by atoms with Crippen molar-refractivity contribution in [2.24, 2.45) is 5.92 Å². The van der Waals surface area contributed by atoms with Crippen LogP contribution in [-0.2, 0) is 0 Å². The number of halogens is 2. The standard InChI is InChI=1S/C14H16BrFN2O/c1-8(9-2-3-9)18(10-4-5-10)14(19)13-11(15)6-7-12(16)17-13/h6-10H,2-5H2,1H3. The molecular formula is C14H16BrFN2O. The molecule has 0 radical (unpaired) electrons. The van der Waals surface area contributed by atoms with Crippen LogP contribution in [0, 0.1) is 11.9 Å². The van der Waals surface area contributed by atoms with E-state index in [1.54, 1.807) is 6.07 Å². The third kappa shape index (κ3) is 2.66. The van der Waals surface area contributed by atoms with Gasteiger partial charge in [0.05, 0.1) is 0 Å². The number of aromatic nitrogens is 1. The van der Waals surface area contributed by atoms with Crippen molar-refractivity contribution in [3.8, 4) is 0 Å². The van der Waals surface area contributed by atoms with Gasteiger partial charge < -0.3 is 4.90 Å². The van der Waals surface area contributed by atoms with Crippen LogP contribution >= 0.6 is 15.9 Å². The monoisotopic (exact) mass is 326 g/mol. The van der Waals surface area contributed by atoms with Crippen LogP contribution in [0.2, 0.25) is 0 Å². The van der Waals surface area contributed by atoms with Gasteiger partial charge >= 0.3 is 0 Å². The van der Waals surface area contributed by atoms with Crippen LogP contribution in [0.15, 0.2) is 16.6 Å². The largest absolute Gasteiger partial charge is 0.331 e. The first kappa shape index (κ1) is 13.0. The number of pyridine rings is 1. The summed E-state index contributed by atoms with van der Waals surface area (Å²) in [5, 5.41) is 0. The summed E-state index contributed by atoms with van der Waals surface area (Å²) in [7, 11) is 0. The van der Waals surface area contributed by atoms with E-state index in [2.05, 4.69) is 27.8 Å². The third-order valence-corrected chi connectivity index (χ3v) is 4.57. The second-order valence-corrected chi connectivity index (χ2v) is 6.34. The molecule has 1 atom stereocenters. The average Bonchev–Trinajstić information content (AvgIpc) is 3.24. The molecule has 2 saturated carbocycles. The highest BCUT2D eigenvalue weighted by atomic mass is 79.9. The van der Waals surface area contributed by atoms with Crippen molar-refractivity contribution >= 4 is 21.8 Å². The van der Waals surface area contributed by atoms with Crippen LogP contribution in [0.25, 0.3) is 0 Å². The number of amides is 1. The van der Waals surface area contributed by atoms with Gasteiger partial charge in [-0.1, -0.05) is 0 Å².